The fourth-order valence-corrected chi connectivity index (χ4v) is 6.08. The Hall–Kier alpha value is -5.26. The Morgan fingerprint density at radius 2 is 0.868 bits per heavy atom. The van der Waals surface area contributed by atoms with Crippen molar-refractivity contribution in [2.24, 2.45) is 11.8 Å². The second-order valence-electron chi connectivity index (χ2n) is 14.2. The van der Waals surface area contributed by atoms with Crippen molar-refractivity contribution in [2.75, 3.05) is 13.1 Å². The Balaban J connectivity index is 1.01. The first-order chi connectivity index (χ1) is 25.6. The largest absolute Gasteiger partial charge is 0.354 e. The van der Waals surface area contributed by atoms with Crippen molar-refractivity contribution in [1.82, 2.24) is 41.2 Å². The van der Waals surface area contributed by atoms with Crippen LogP contribution in [0.15, 0.2) is 73.6 Å². The van der Waals surface area contributed by atoms with Crippen LogP contribution in [0, 0.1) is 11.8 Å². The Labute approximate surface area is 313 Å². The molecule has 0 saturated heterocycles. The van der Waals surface area contributed by atoms with Gasteiger partial charge in [0.25, 0.3) is 11.8 Å². The summed E-state index contributed by atoms with van der Waals surface area (Å²) < 4.78 is 0. The molecule has 12 nitrogen and oxygen atoms in total. The van der Waals surface area contributed by atoms with Crippen LogP contribution in [0.1, 0.15) is 106 Å². The highest BCUT2D eigenvalue weighted by Gasteiger charge is 2.25. The molecule has 2 heterocycles. The molecule has 4 aromatic rings. The summed E-state index contributed by atoms with van der Waals surface area (Å²) in [5, 5.41) is 11.8. The van der Waals surface area contributed by atoms with Crippen LogP contribution in [-0.4, -0.2) is 68.7 Å². The van der Waals surface area contributed by atoms with Crippen molar-refractivity contribution in [1.29, 1.82) is 0 Å². The number of imidazole rings is 2. The number of amides is 4. The van der Waals surface area contributed by atoms with Gasteiger partial charge in [-0.25, -0.2) is 9.97 Å². The lowest BCUT2D eigenvalue weighted by atomic mass is 10.0. The number of nitrogens with one attached hydrogen (secondary N) is 6. The molecular formula is C41H56N8O4. The highest BCUT2D eigenvalue weighted by Crippen LogP contribution is 2.18. The summed E-state index contributed by atoms with van der Waals surface area (Å²) in [7, 11) is 0. The number of rotatable bonds is 22. The highest BCUT2D eigenvalue weighted by atomic mass is 16.2. The maximum atomic E-state index is 12.9. The Morgan fingerprint density at radius 3 is 1.17 bits per heavy atom. The van der Waals surface area contributed by atoms with Gasteiger partial charge in [-0.05, 0) is 60.1 Å². The van der Waals surface area contributed by atoms with E-state index in [1.54, 1.807) is 49.3 Å². The van der Waals surface area contributed by atoms with E-state index in [4.69, 9.17) is 0 Å². The van der Waals surface area contributed by atoms with E-state index in [1.807, 2.05) is 52.0 Å². The fraction of sp³-hybridized carbons (Fsp3) is 0.463. The first-order valence-electron chi connectivity index (χ1n) is 19.0. The molecule has 4 amide bonds. The van der Waals surface area contributed by atoms with E-state index in [9.17, 15) is 19.2 Å². The zero-order valence-corrected chi connectivity index (χ0v) is 31.5. The number of hydrogen-bond acceptors (Lipinski definition) is 6. The van der Waals surface area contributed by atoms with E-state index in [-0.39, 0.29) is 35.5 Å². The molecule has 0 aliphatic heterocycles. The maximum Gasteiger partial charge on any atom is 0.251 e. The molecule has 53 heavy (non-hydrogen) atoms. The molecule has 2 aromatic carbocycles. The number of unbranched alkanes of at least 4 members (excludes halogenated alkanes) is 8. The third-order valence-corrected chi connectivity index (χ3v) is 9.34. The lowest BCUT2D eigenvalue weighted by Crippen LogP contribution is -2.49. The molecule has 0 spiro atoms. The summed E-state index contributed by atoms with van der Waals surface area (Å²) in [5.41, 5.74) is 4.61. The number of aromatic amines is 2. The van der Waals surface area contributed by atoms with Crippen LogP contribution < -0.4 is 21.3 Å². The molecule has 0 fully saturated rings. The molecule has 2 aromatic heterocycles. The molecule has 284 valence electrons. The maximum absolute atomic E-state index is 12.9. The summed E-state index contributed by atoms with van der Waals surface area (Å²) in [6.45, 7) is 8.89. The third-order valence-electron chi connectivity index (χ3n) is 9.34. The van der Waals surface area contributed by atoms with Gasteiger partial charge in [0.05, 0.1) is 36.4 Å². The van der Waals surface area contributed by atoms with Gasteiger partial charge in [-0.15, -0.1) is 0 Å². The number of nitrogens with zero attached hydrogens (tertiary/aromatic N) is 2. The first-order valence-corrected chi connectivity index (χ1v) is 19.0. The smallest absolute Gasteiger partial charge is 0.251 e. The average molecular weight is 725 g/mol. The second kappa shape index (κ2) is 21.3. The van der Waals surface area contributed by atoms with Gasteiger partial charge in [-0.2, -0.15) is 0 Å². The number of carbonyl (C=O) groups is 4. The summed E-state index contributed by atoms with van der Waals surface area (Å²) >= 11 is 0. The molecule has 0 aliphatic rings. The van der Waals surface area contributed by atoms with Crippen molar-refractivity contribution in [3.8, 4) is 22.5 Å². The average Bonchev–Trinajstić information content (AvgIpc) is 3.90. The quantitative estimate of drug-likeness (QED) is 0.0511. The zero-order chi connectivity index (χ0) is 38.0. The molecule has 4 rings (SSSR count). The van der Waals surface area contributed by atoms with E-state index in [0.29, 0.717) is 24.2 Å². The first kappa shape index (κ1) is 40.5. The topological polar surface area (TPSA) is 174 Å². The van der Waals surface area contributed by atoms with Gasteiger partial charge in [0, 0.05) is 24.2 Å². The van der Waals surface area contributed by atoms with Crippen LogP contribution in [0.2, 0.25) is 0 Å². The molecule has 0 radical (unpaired) electrons. The van der Waals surface area contributed by atoms with Gasteiger partial charge in [0.1, 0.15) is 12.1 Å². The molecular weight excluding hydrogens is 669 g/mol. The highest BCUT2D eigenvalue weighted by molar-refractivity contribution is 5.98. The van der Waals surface area contributed by atoms with E-state index >= 15 is 0 Å². The summed E-state index contributed by atoms with van der Waals surface area (Å²) in [6.07, 6.45) is 16.2. The minimum absolute atomic E-state index is 0.0484. The lowest BCUT2D eigenvalue weighted by molar-refractivity contribution is -0.124. The van der Waals surface area contributed by atoms with Crippen LogP contribution in [-0.2, 0) is 9.59 Å². The molecule has 0 saturated carbocycles. The molecule has 12 heteroatoms. The molecule has 0 unspecified atom stereocenters. The van der Waals surface area contributed by atoms with Crippen LogP contribution in [0.25, 0.3) is 22.5 Å². The summed E-state index contributed by atoms with van der Waals surface area (Å²) in [5.74, 6) is -0.955. The van der Waals surface area contributed by atoms with Crippen LogP contribution in [0.3, 0.4) is 0 Å². The predicted octanol–water partition coefficient (Wildman–Crippen LogP) is 6.42. The fourth-order valence-electron chi connectivity index (χ4n) is 6.08. The number of H-pyrrole nitrogens is 2. The molecule has 0 bridgehead atoms. The molecule has 0 aliphatic carbocycles. The van der Waals surface area contributed by atoms with Crippen LogP contribution in [0.4, 0.5) is 0 Å². The number of carbonyl (C=O) groups excluding carboxylic acids is 4. The Kier molecular flexibility index (Phi) is 16.3. The van der Waals surface area contributed by atoms with Crippen molar-refractivity contribution in [3.05, 3.63) is 84.7 Å². The van der Waals surface area contributed by atoms with E-state index < -0.39 is 12.1 Å². The van der Waals surface area contributed by atoms with E-state index in [2.05, 4.69) is 41.2 Å². The zero-order valence-electron chi connectivity index (χ0n) is 31.5. The van der Waals surface area contributed by atoms with Gasteiger partial charge in [-0.1, -0.05) is 96.9 Å². The standard InChI is InChI=1S/C41H56N8O4/c1-28(2)36(48-38(50)32-18-14-30(15-19-32)34-24-42-26-46-34)40(52)44-22-12-10-8-6-5-7-9-11-13-23-45-41(53)37(29(3)4)49-39(51)33-20-16-31(17-21-33)35-25-43-27-47-35/h14-21,24-29,36-37H,5-13,22-23H2,1-4H3,(H,42,46)(H,43,47)(H,44,52)(H,45,53)(H,48,50)(H,49,51)/t36-,37-/m0/s1. The van der Waals surface area contributed by atoms with Gasteiger partial charge in [-0.3, -0.25) is 19.2 Å². The normalized spacial score (nSPS) is 12.3. The van der Waals surface area contributed by atoms with Crippen molar-refractivity contribution >= 4 is 23.6 Å². The Morgan fingerprint density at radius 1 is 0.528 bits per heavy atom. The van der Waals surface area contributed by atoms with Gasteiger partial charge < -0.3 is 31.2 Å². The summed E-state index contributed by atoms with van der Waals surface area (Å²) in [4.78, 5) is 65.7. The SMILES string of the molecule is CC(C)[C@H](NC(=O)c1ccc(-c2cnc[nH]2)cc1)C(=O)NCCCCCCCCCCCNC(=O)[C@@H](NC(=O)c1ccc(-c2cnc[nH]2)cc1)C(C)C. The summed E-state index contributed by atoms with van der Waals surface area (Å²) in [6, 6.07) is 13.2. The molecule has 2 atom stereocenters. The van der Waals surface area contributed by atoms with Crippen LogP contribution >= 0.6 is 0 Å². The second-order valence-corrected chi connectivity index (χ2v) is 14.2. The monoisotopic (exact) mass is 724 g/mol. The molecule has 6 N–H and O–H groups in total. The number of benzene rings is 2. The van der Waals surface area contributed by atoms with Gasteiger partial charge in [0.15, 0.2) is 0 Å². The van der Waals surface area contributed by atoms with E-state index in [1.165, 1.54) is 0 Å². The van der Waals surface area contributed by atoms with E-state index in [0.717, 1.165) is 80.3 Å². The number of aromatic nitrogens is 4. The van der Waals surface area contributed by atoms with Crippen molar-refractivity contribution in [3.63, 3.8) is 0 Å². The third kappa shape index (κ3) is 13.0. The minimum Gasteiger partial charge on any atom is -0.354 e. The lowest BCUT2D eigenvalue weighted by Gasteiger charge is -2.22. The number of hydrogen-bond donors (Lipinski definition) is 6. The van der Waals surface area contributed by atoms with Gasteiger partial charge >= 0.3 is 0 Å². The minimum atomic E-state index is -0.608. The Bertz CT molecular complexity index is 1560. The van der Waals surface area contributed by atoms with Crippen molar-refractivity contribution < 1.29 is 19.2 Å². The van der Waals surface area contributed by atoms with Crippen molar-refractivity contribution in [2.45, 2.75) is 97.6 Å². The predicted molar refractivity (Wildman–Crippen MR) is 208 cm³/mol. The van der Waals surface area contributed by atoms with Gasteiger partial charge in [0.2, 0.25) is 11.8 Å². The van der Waals surface area contributed by atoms with Crippen LogP contribution in [0.5, 0.6) is 0 Å².